The van der Waals surface area contributed by atoms with Gasteiger partial charge < -0.3 is 11.1 Å². The smallest absolute Gasteiger partial charge is 0.228 e. The van der Waals surface area contributed by atoms with Crippen molar-refractivity contribution >= 4 is 22.6 Å². The van der Waals surface area contributed by atoms with Gasteiger partial charge >= 0.3 is 0 Å². The Morgan fingerprint density at radius 1 is 1.56 bits per heavy atom. The molecule has 16 heavy (non-hydrogen) atoms. The molecule has 0 unspecified atom stereocenters. The molecule has 1 aliphatic carbocycles. The molecule has 1 fully saturated rings. The van der Waals surface area contributed by atoms with Gasteiger partial charge in [-0.05, 0) is 19.8 Å². The van der Waals surface area contributed by atoms with E-state index in [-0.39, 0.29) is 11.4 Å². The van der Waals surface area contributed by atoms with Gasteiger partial charge in [0.1, 0.15) is 5.82 Å². The number of rotatable bonds is 3. The molecule has 0 bridgehead atoms. The molecule has 88 valence electrons. The summed E-state index contributed by atoms with van der Waals surface area (Å²) in [6.45, 7) is 1.80. The van der Waals surface area contributed by atoms with Gasteiger partial charge in [0.25, 0.3) is 0 Å². The molecular weight excluding hydrogens is 224 g/mol. The molecule has 1 aromatic heterocycles. The maximum atomic E-state index is 11.7. The Hall–Kier alpha value is -1.01. The zero-order chi connectivity index (χ0) is 11.6. The van der Waals surface area contributed by atoms with Crippen molar-refractivity contribution in [3.63, 3.8) is 0 Å². The molecule has 1 heterocycles. The van der Waals surface area contributed by atoms with Crippen molar-refractivity contribution in [3.8, 4) is 0 Å². The van der Waals surface area contributed by atoms with Crippen LogP contribution >= 0.6 is 11.5 Å². The van der Waals surface area contributed by atoms with Gasteiger partial charge in [-0.1, -0.05) is 12.8 Å². The summed E-state index contributed by atoms with van der Waals surface area (Å²) in [7, 11) is 0. The van der Waals surface area contributed by atoms with Crippen LogP contribution in [0.3, 0.4) is 0 Å². The summed E-state index contributed by atoms with van der Waals surface area (Å²) < 4.78 is 4.00. The van der Waals surface area contributed by atoms with Gasteiger partial charge in [0.2, 0.25) is 11.0 Å². The Morgan fingerprint density at radius 3 is 2.81 bits per heavy atom. The summed E-state index contributed by atoms with van der Waals surface area (Å²) in [4.78, 5) is 15.8. The van der Waals surface area contributed by atoms with Crippen LogP contribution in [0.5, 0.6) is 0 Å². The Kier molecular flexibility index (Phi) is 3.20. The summed E-state index contributed by atoms with van der Waals surface area (Å²) in [5.41, 5.74) is 5.82. The van der Waals surface area contributed by atoms with Crippen LogP contribution in [0.2, 0.25) is 0 Å². The SMILES string of the molecule is Cc1nsc(NC(=O)CC2(N)CCCC2)n1. The highest BCUT2D eigenvalue weighted by atomic mass is 32.1. The Balaban J connectivity index is 1.89. The van der Waals surface area contributed by atoms with Gasteiger partial charge in [-0.3, -0.25) is 4.79 Å². The number of carbonyl (C=O) groups is 1. The summed E-state index contributed by atoms with van der Waals surface area (Å²) in [5.74, 6) is 0.629. The third kappa shape index (κ3) is 2.76. The fourth-order valence-electron chi connectivity index (χ4n) is 2.09. The lowest BCUT2D eigenvalue weighted by Crippen LogP contribution is -2.40. The number of hydrogen-bond donors (Lipinski definition) is 2. The second kappa shape index (κ2) is 4.47. The first-order chi connectivity index (χ1) is 7.57. The van der Waals surface area contributed by atoms with Crippen molar-refractivity contribution < 1.29 is 4.79 Å². The van der Waals surface area contributed by atoms with E-state index in [0.29, 0.717) is 17.4 Å². The molecule has 0 aromatic carbocycles. The van der Waals surface area contributed by atoms with Crippen LogP contribution in [-0.2, 0) is 4.79 Å². The molecule has 0 atom stereocenters. The normalized spacial score (nSPS) is 18.6. The average molecular weight is 240 g/mol. The predicted octanol–water partition coefficient (Wildman–Crippen LogP) is 1.45. The van der Waals surface area contributed by atoms with Crippen LogP contribution < -0.4 is 11.1 Å². The topological polar surface area (TPSA) is 80.9 Å². The molecule has 0 radical (unpaired) electrons. The summed E-state index contributed by atoms with van der Waals surface area (Å²) >= 11 is 1.20. The van der Waals surface area contributed by atoms with E-state index in [2.05, 4.69) is 14.7 Å². The van der Waals surface area contributed by atoms with Crippen LogP contribution in [0.15, 0.2) is 0 Å². The number of hydrogen-bond acceptors (Lipinski definition) is 5. The first kappa shape index (κ1) is 11.5. The molecule has 1 aromatic rings. The van der Waals surface area contributed by atoms with Gasteiger partial charge in [0, 0.05) is 23.5 Å². The number of aromatic nitrogens is 2. The van der Waals surface area contributed by atoms with Crippen molar-refractivity contribution in [1.29, 1.82) is 0 Å². The lowest BCUT2D eigenvalue weighted by atomic mass is 9.94. The van der Waals surface area contributed by atoms with Crippen LogP contribution in [0.4, 0.5) is 5.13 Å². The number of nitrogens with two attached hydrogens (primary N) is 1. The van der Waals surface area contributed by atoms with Gasteiger partial charge in [-0.15, -0.1) is 0 Å². The molecule has 0 spiro atoms. The number of carbonyl (C=O) groups excluding carboxylic acids is 1. The molecule has 6 heteroatoms. The third-order valence-electron chi connectivity index (χ3n) is 2.89. The van der Waals surface area contributed by atoms with E-state index in [1.54, 1.807) is 6.92 Å². The van der Waals surface area contributed by atoms with Crippen molar-refractivity contribution in [3.05, 3.63) is 5.82 Å². The summed E-state index contributed by atoms with van der Waals surface area (Å²) in [6.07, 6.45) is 4.51. The second-order valence-corrected chi connectivity index (χ2v) is 5.19. The molecule has 5 nitrogen and oxygen atoms in total. The van der Waals surface area contributed by atoms with E-state index in [9.17, 15) is 4.79 Å². The molecule has 0 aliphatic heterocycles. The minimum absolute atomic E-state index is 0.0550. The van der Waals surface area contributed by atoms with Gasteiger partial charge in [0.15, 0.2) is 0 Å². The standard InChI is InChI=1S/C10H16N4OS/c1-7-12-9(16-14-7)13-8(15)6-10(11)4-2-3-5-10/h2-6,11H2,1H3,(H,12,13,14,15). The first-order valence-corrected chi connectivity index (χ1v) is 6.24. The van der Waals surface area contributed by atoms with Crippen molar-refractivity contribution in [1.82, 2.24) is 9.36 Å². The lowest BCUT2D eigenvalue weighted by molar-refractivity contribution is -0.117. The van der Waals surface area contributed by atoms with E-state index in [0.717, 1.165) is 25.7 Å². The van der Waals surface area contributed by atoms with Crippen LogP contribution in [-0.4, -0.2) is 20.8 Å². The Labute approximate surface area is 98.6 Å². The third-order valence-corrected chi connectivity index (χ3v) is 3.61. The largest absolute Gasteiger partial charge is 0.325 e. The lowest BCUT2D eigenvalue weighted by Gasteiger charge is -2.21. The maximum Gasteiger partial charge on any atom is 0.228 e. The molecule has 1 amide bonds. The van der Waals surface area contributed by atoms with Crippen molar-refractivity contribution in [2.75, 3.05) is 5.32 Å². The van der Waals surface area contributed by atoms with Crippen LogP contribution in [0.1, 0.15) is 37.9 Å². The van der Waals surface area contributed by atoms with E-state index in [4.69, 9.17) is 5.73 Å². The van der Waals surface area contributed by atoms with Gasteiger partial charge in [-0.25, -0.2) is 4.98 Å². The van der Waals surface area contributed by atoms with E-state index in [1.165, 1.54) is 11.5 Å². The monoisotopic (exact) mass is 240 g/mol. The fourth-order valence-corrected chi connectivity index (χ4v) is 2.68. The zero-order valence-electron chi connectivity index (χ0n) is 9.32. The van der Waals surface area contributed by atoms with Crippen molar-refractivity contribution in [2.24, 2.45) is 5.73 Å². The van der Waals surface area contributed by atoms with Crippen LogP contribution in [0, 0.1) is 6.92 Å². The highest BCUT2D eigenvalue weighted by molar-refractivity contribution is 7.09. The molecule has 0 saturated heterocycles. The quantitative estimate of drug-likeness (QED) is 0.837. The molecule has 1 aliphatic rings. The predicted molar refractivity (Wildman–Crippen MR) is 63.3 cm³/mol. The average Bonchev–Trinajstić information content (AvgIpc) is 2.75. The van der Waals surface area contributed by atoms with E-state index < -0.39 is 0 Å². The molecule has 1 saturated carbocycles. The van der Waals surface area contributed by atoms with Gasteiger partial charge in [-0.2, -0.15) is 4.37 Å². The van der Waals surface area contributed by atoms with Crippen molar-refractivity contribution in [2.45, 2.75) is 44.6 Å². The maximum absolute atomic E-state index is 11.7. The highest BCUT2D eigenvalue weighted by Crippen LogP contribution is 2.30. The van der Waals surface area contributed by atoms with Gasteiger partial charge in [0.05, 0.1) is 0 Å². The number of nitrogens with zero attached hydrogens (tertiary/aromatic N) is 2. The fraction of sp³-hybridized carbons (Fsp3) is 0.700. The summed E-state index contributed by atoms with van der Waals surface area (Å²) in [6, 6.07) is 0. The number of amides is 1. The minimum atomic E-state index is -0.302. The second-order valence-electron chi connectivity index (χ2n) is 4.44. The Bertz CT molecular complexity index is 384. The molecule has 2 rings (SSSR count). The number of aryl methyl sites for hydroxylation is 1. The van der Waals surface area contributed by atoms with Crippen LogP contribution in [0.25, 0.3) is 0 Å². The number of anilines is 1. The summed E-state index contributed by atoms with van der Waals surface area (Å²) in [5, 5.41) is 3.30. The highest BCUT2D eigenvalue weighted by Gasteiger charge is 2.31. The zero-order valence-corrected chi connectivity index (χ0v) is 10.1. The minimum Gasteiger partial charge on any atom is -0.325 e. The molecular formula is C10H16N4OS. The number of nitrogens with one attached hydrogen (secondary N) is 1. The first-order valence-electron chi connectivity index (χ1n) is 5.46. The molecule has 3 N–H and O–H groups in total. The van der Waals surface area contributed by atoms with E-state index in [1.807, 2.05) is 0 Å². The van der Waals surface area contributed by atoms with E-state index >= 15 is 0 Å². The Morgan fingerprint density at radius 2 is 2.25 bits per heavy atom.